The van der Waals surface area contributed by atoms with E-state index in [4.69, 9.17) is 11.6 Å². The highest BCUT2D eigenvalue weighted by molar-refractivity contribution is 6.30. The van der Waals surface area contributed by atoms with Gasteiger partial charge in [-0.1, -0.05) is 23.7 Å². The number of aromatic amines is 1. The molecule has 18 heavy (non-hydrogen) atoms. The fourth-order valence-corrected chi connectivity index (χ4v) is 2.09. The van der Waals surface area contributed by atoms with E-state index in [9.17, 15) is 0 Å². The van der Waals surface area contributed by atoms with Gasteiger partial charge in [-0.25, -0.2) is 0 Å². The Morgan fingerprint density at radius 3 is 2.61 bits per heavy atom. The third-order valence-electron chi connectivity index (χ3n) is 2.74. The lowest BCUT2D eigenvalue weighted by Gasteiger charge is -2.03. The molecule has 0 unspecified atom stereocenters. The van der Waals surface area contributed by atoms with Gasteiger partial charge in [0.05, 0.1) is 11.9 Å². The van der Waals surface area contributed by atoms with Crippen LogP contribution in [0.3, 0.4) is 0 Å². The number of nitrogens with one attached hydrogen (secondary N) is 1. The molecule has 3 nitrogen and oxygen atoms in total. The summed E-state index contributed by atoms with van der Waals surface area (Å²) in [4.78, 5) is 4.02. The van der Waals surface area contributed by atoms with Gasteiger partial charge in [-0.2, -0.15) is 5.10 Å². The second kappa shape index (κ2) is 4.63. The van der Waals surface area contributed by atoms with Crippen LogP contribution in [0.2, 0.25) is 5.02 Å². The lowest BCUT2D eigenvalue weighted by molar-refractivity contribution is 1.10. The average Bonchev–Trinajstić information content (AvgIpc) is 2.89. The van der Waals surface area contributed by atoms with E-state index in [1.807, 2.05) is 42.6 Å². The minimum Gasteiger partial charge on any atom is -0.277 e. The van der Waals surface area contributed by atoms with Crippen molar-refractivity contribution in [3.05, 3.63) is 60.0 Å². The number of benzene rings is 1. The maximum Gasteiger partial charge on any atom is 0.0729 e. The molecule has 0 saturated carbocycles. The summed E-state index contributed by atoms with van der Waals surface area (Å²) in [6, 6.07) is 11.6. The topological polar surface area (TPSA) is 41.6 Å². The fraction of sp³-hybridized carbons (Fsp3) is 0. The number of aromatic nitrogens is 3. The maximum absolute atomic E-state index is 6.02. The van der Waals surface area contributed by atoms with Gasteiger partial charge in [0.25, 0.3) is 0 Å². The van der Waals surface area contributed by atoms with Crippen LogP contribution >= 0.6 is 11.6 Å². The maximum atomic E-state index is 6.02. The van der Waals surface area contributed by atoms with E-state index in [0.717, 1.165) is 22.4 Å². The minimum atomic E-state index is 0.711. The second-order valence-electron chi connectivity index (χ2n) is 3.90. The molecule has 0 aliphatic carbocycles. The van der Waals surface area contributed by atoms with Crippen molar-refractivity contribution in [2.45, 2.75) is 0 Å². The lowest BCUT2D eigenvalue weighted by Crippen LogP contribution is -1.83. The Balaban J connectivity index is 2.13. The van der Waals surface area contributed by atoms with Crippen LogP contribution in [0, 0.1) is 0 Å². The summed E-state index contributed by atoms with van der Waals surface area (Å²) in [5.74, 6) is 0. The summed E-state index contributed by atoms with van der Waals surface area (Å²) < 4.78 is 0. The minimum absolute atomic E-state index is 0.711. The SMILES string of the molecule is Clc1cccc(-c2[nH]ncc2-c2ccncc2)c1. The first-order chi connectivity index (χ1) is 8.84. The predicted octanol–water partition coefficient (Wildman–Crippen LogP) is 3.79. The standard InChI is InChI=1S/C14H10ClN3/c15-12-3-1-2-11(8-12)14-13(9-17-18-14)10-4-6-16-7-5-10/h1-9H,(H,17,18). The van der Waals surface area contributed by atoms with Crippen LogP contribution in [0.15, 0.2) is 55.0 Å². The molecule has 0 radical (unpaired) electrons. The van der Waals surface area contributed by atoms with E-state index in [2.05, 4.69) is 15.2 Å². The first-order valence-corrected chi connectivity index (χ1v) is 5.92. The zero-order valence-corrected chi connectivity index (χ0v) is 10.2. The summed E-state index contributed by atoms with van der Waals surface area (Å²) in [6.07, 6.45) is 5.35. The number of nitrogens with zero attached hydrogens (tertiary/aromatic N) is 2. The fourth-order valence-electron chi connectivity index (χ4n) is 1.90. The van der Waals surface area contributed by atoms with Crippen molar-refractivity contribution in [2.24, 2.45) is 0 Å². The molecule has 0 bridgehead atoms. The molecule has 2 heterocycles. The molecule has 1 aromatic carbocycles. The Bertz CT molecular complexity index is 662. The Morgan fingerprint density at radius 2 is 1.83 bits per heavy atom. The molecule has 0 amide bonds. The van der Waals surface area contributed by atoms with Gasteiger partial charge in [0.1, 0.15) is 0 Å². The quantitative estimate of drug-likeness (QED) is 0.757. The number of pyridine rings is 1. The van der Waals surface area contributed by atoms with Crippen LogP contribution in [0.1, 0.15) is 0 Å². The molecule has 3 aromatic rings. The number of hydrogen-bond donors (Lipinski definition) is 1. The van der Waals surface area contributed by atoms with E-state index in [0.29, 0.717) is 5.02 Å². The van der Waals surface area contributed by atoms with Crippen molar-refractivity contribution in [3.8, 4) is 22.4 Å². The van der Waals surface area contributed by atoms with Crippen molar-refractivity contribution in [1.29, 1.82) is 0 Å². The number of halogens is 1. The molecule has 0 saturated heterocycles. The van der Waals surface area contributed by atoms with Gasteiger partial charge in [-0.15, -0.1) is 0 Å². The smallest absolute Gasteiger partial charge is 0.0729 e. The molecular weight excluding hydrogens is 246 g/mol. The third kappa shape index (κ3) is 2.00. The molecule has 0 atom stereocenters. The molecule has 2 aromatic heterocycles. The van der Waals surface area contributed by atoms with E-state index in [1.165, 1.54) is 0 Å². The highest BCUT2D eigenvalue weighted by atomic mass is 35.5. The van der Waals surface area contributed by atoms with E-state index in [-0.39, 0.29) is 0 Å². The summed E-state index contributed by atoms with van der Waals surface area (Å²) >= 11 is 6.02. The van der Waals surface area contributed by atoms with Crippen LogP contribution < -0.4 is 0 Å². The molecule has 0 aliphatic rings. The zero-order chi connectivity index (χ0) is 12.4. The highest BCUT2D eigenvalue weighted by Crippen LogP contribution is 2.30. The number of rotatable bonds is 2. The summed E-state index contributed by atoms with van der Waals surface area (Å²) in [7, 11) is 0. The Hall–Kier alpha value is -2.13. The van der Waals surface area contributed by atoms with Gasteiger partial charge >= 0.3 is 0 Å². The van der Waals surface area contributed by atoms with Gasteiger partial charge < -0.3 is 0 Å². The molecule has 3 rings (SSSR count). The van der Waals surface area contributed by atoms with Crippen LogP contribution in [0.5, 0.6) is 0 Å². The molecule has 0 aliphatic heterocycles. The number of hydrogen-bond acceptors (Lipinski definition) is 2. The second-order valence-corrected chi connectivity index (χ2v) is 4.34. The lowest BCUT2D eigenvalue weighted by atomic mass is 10.0. The first-order valence-electron chi connectivity index (χ1n) is 5.54. The monoisotopic (exact) mass is 255 g/mol. The molecule has 0 fully saturated rings. The van der Waals surface area contributed by atoms with Crippen molar-refractivity contribution in [2.75, 3.05) is 0 Å². The Kier molecular flexibility index (Phi) is 2.82. The van der Waals surface area contributed by atoms with Crippen molar-refractivity contribution in [1.82, 2.24) is 15.2 Å². The normalized spacial score (nSPS) is 10.5. The largest absolute Gasteiger partial charge is 0.277 e. The average molecular weight is 256 g/mol. The van der Waals surface area contributed by atoms with Gasteiger partial charge in [0.2, 0.25) is 0 Å². The van der Waals surface area contributed by atoms with Crippen LogP contribution in [0.25, 0.3) is 22.4 Å². The van der Waals surface area contributed by atoms with Crippen LogP contribution in [0.4, 0.5) is 0 Å². The van der Waals surface area contributed by atoms with Gasteiger partial charge in [0, 0.05) is 28.5 Å². The third-order valence-corrected chi connectivity index (χ3v) is 2.98. The first kappa shape index (κ1) is 11.0. The van der Waals surface area contributed by atoms with Crippen molar-refractivity contribution >= 4 is 11.6 Å². The van der Waals surface area contributed by atoms with Crippen molar-refractivity contribution < 1.29 is 0 Å². The van der Waals surface area contributed by atoms with Crippen LogP contribution in [-0.2, 0) is 0 Å². The molecule has 4 heteroatoms. The molecule has 0 spiro atoms. The Morgan fingerprint density at radius 1 is 1.00 bits per heavy atom. The van der Waals surface area contributed by atoms with Gasteiger partial charge in [-0.3, -0.25) is 10.1 Å². The molecule has 1 N–H and O–H groups in total. The predicted molar refractivity (Wildman–Crippen MR) is 72.3 cm³/mol. The summed E-state index contributed by atoms with van der Waals surface area (Å²) in [5, 5.41) is 7.85. The summed E-state index contributed by atoms with van der Waals surface area (Å²) in [6.45, 7) is 0. The van der Waals surface area contributed by atoms with Crippen molar-refractivity contribution in [3.63, 3.8) is 0 Å². The van der Waals surface area contributed by atoms with Crippen LogP contribution in [-0.4, -0.2) is 15.2 Å². The number of H-pyrrole nitrogens is 1. The van der Waals surface area contributed by atoms with E-state index in [1.54, 1.807) is 12.4 Å². The zero-order valence-electron chi connectivity index (χ0n) is 9.47. The highest BCUT2D eigenvalue weighted by Gasteiger charge is 2.09. The van der Waals surface area contributed by atoms with Gasteiger partial charge in [0.15, 0.2) is 0 Å². The molecule has 88 valence electrons. The summed E-state index contributed by atoms with van der Waals surface area (Å²) in [5.41, 5.74) is 4.10. The Labute approximate surface area is 109 Å². The van der Waals surface area contributed by atoms with Gasteiger partial charge in [-0.05, 0) is 29.8 Å². The van der Waals surface area contributed by atoms with E-state index >= 15 is 0 Å². The molecular formula is C14H10ClN3. The van der Waals surface area contributed by atoms with E-state index < -0.39 is 0 Å².